The molecule has 2 rings (SSSR count). The van der Waals surface area contributed by atoms with Crippen molar-refractivity contribution in [1.82, 2.24) is 9.80 Å². The molecule has 2 N–H and O–H groups in total. The summed E-state index contributed by atoms with van der Waals surface area (Å²) >= 11 is 0. The summed E-state index contributed by atoms with van der Waals surface area (Å²) in [6.45, 7) is 2.01. The molecule has 0 saturated carbocycles. The van der Waals surface area contributed by atoms with Crippen LogP contribution in [0.25, 0.3) is 0 Å². The molecule has 8 nitrogen and oxygen atoms in total. The molecule has 0 aromatic heterocycles. The molecular formula is C20H32N2O6. The third-order valence-corrected chi connectivity index (χ3v) is 5.73. The van der Waals surface area contributed by atoms with E-state index in [2.05, 4.69) is 0 Å². The molecule has 0 aromatic rings. The predicted molar refractivity (Wildman–Crippen MR) is 102 cm³/mol. The Balaban J connectivity index is 1.41. The fourth-order valence-electron chi connectivity index (χ4n) is 3.97. The zero-order valence-corrected chi connectivity index (χ0v) is 16.5. The second-order valence-corrected chi connectivity index (χ2v) is 7.99. The molecule has 0 bridgehead atoms. The SMILES string of the molecule is O=C(O)C1CC(=O)N(CCCCCCCCCCN2CC(C(=O)O)CC2=O)C1. The predicted octanol–water partition coefficient (Wildman–Crippen LogP) is 1.97. The number of carbonyl (C=O) groups is 4. The second-order valence-electron chi connectivity index (χ2n) is 7.99. The Morgan fingerprint density at radius 1 is 0.679 bits per heavy atom. The van der Waals surface area contributed by atoms with Gasteiger partial charge < -0.3 is 20.0 Å². The zero-order valence-electron chi connectivity index (χ0n) is 16.5. The van der Waals surface area contributed by atoms with Crippen LogP contribution in [-0.4, -0.2) is 69.9 Å². The standard InChI is InChI=1S/C20H32N2O6/c23-17-11-15(19(25)26)13-21(17)9-7-5-3-1-2-4-6-8-10-22-14-16(20(27)28)12-18(22)24/h15-16H,1-14H2,(H,25,26)(H,27,28). The molecule has 8 heteroatoms. The van der Waals surface area contributed by atoms with Crippen molar-refractivity contribution in [3.05, 3.63) is 0 Å². The van der Waals surface area contributed by atoms with E-state index in [0.717, 1.165) is 51.4 Å². The maximum absolute atomic E-state index is 11.7. The molecule has 0 spiro atoms. The number of unbranched alkanes of at least 4 members (excludes halogenated alkanes) is 7. The largest absolute Gasteiger partial charge is 0.481 e. The van der Waals surface area contributed by atoms with E-state index < -0.39 is 23.8 Å². The van der Waals surface area contributed by atoms with Gasteiger partial charge in [-0.15, -0.1) is 0 Å². The first-order valence-electron chi connectivity index (χ1n) is 10.4. The summed E-state index contributed by atoms with van der Waals surface area (Å²) < 4.78 is 0. The first-order valence-corrected chi connectivity index (χ1v) is 10.4. The third-order valence-electron chi connectivity index (χ3n) is 5.73. The van der Waals surface area contributed by atoms with Crippen LogP contribution < -0.4 is 0 Å². The highest BCUT2D eigenvalue weighted by molar-refractivity contribution is 5.86. The van der Waals surface area contributed by atoms with Crippen LogP contribution >= 0.6 is 0 Å². The zero-order chi connectivity index (χ0) is 20.5. The van der Waals surface area contributed by atoms with Gasteiger partial charge in [0.05, 0.1) is 11.8 Å². The monoisotopic (exact) mass is 396 g/mol. The number of carbonyl (C=O) groups excluding carboxylic acids is 2. The summed E-state index contributed by atoms with van der Waals surface area (Å²) in [7, 11) is 0. The van der Waals surface area contributed by atoms with E-state index in [-0.39, 0.29) is 24.7 Å². The lowest BCUT2D eigenvalue weighted by molar-refractivity contribution is -0.142. The van der Waals surface area contributed by atoms with E-state index in [4.69, 9.17) is 10.2 Å². The molecule has 2 heterocycles. The Hall–Kier alpha value is -2.12. The molecule has 0 aliphatic carbocycles. The molecule has 0 aromatic carbocycles. The fraction of sp³-hybridized carbons (Fsp3) is 0.800. The number of nitrogens with zero attached hydrogens (tertiary/aromatic N) is 2. The number of aliphatic carboxylic acids is 2. The summed E-state index contributed by atoms with van der Waals surface area (Å²) in [4.78, 5) is 48.7. The van der Waals surface area contributed by atoms with Gasteiger partial charge in [-0.2, -0.15) is 0 Å². The van der Waals surface area contributed by atoms with Crippen molar-refractivity contribution in [2.45, 2.75) is 64.2 Å². The van der Waals surface area contributed by atoms with Gasteiger partial charge in [-0.1, -0.05) is 38.5 Å². The summed E-state index contributed by atoms with van der Waals surface area (Å²) in [6.07, 6.45) is 8.67. The molecule has 2 atom stereocenters. The summed E-state index contributed by atoms with van der Waals surface area (Å²) in [5.74, 6) is -2.94. The van der Waals surface area contributed by atoms with E-state index in [1.807, 2.05) is 0 Å². The summed E-state index contributed by atoms with van der Waals surface area (Å²) in [5, 5.41) is 17.9. The number of likely N-dealkylation sites (tertiary alicyclic amines) is 2. The van der Waals surface area contributed by atoms with Crippen molar-refractivity contribution in [3.8, 4) is 0 Å². The lowest BCUT2D eigenvalue weighted by Gasteiger charge is -2.16. The average Bonchev–Trinajstić information content (AvgIpc) is 3.20. The summed E-state index contributed by atoms with van der Waals surface area (Å²) in [6, 6.07) is 0. The second kappa shape index (κ2) is 11.0. The van der Waals surface area contributed by atoms with Crippen molar-refractivity contribution < 1.29 is 29.4 Å². The maximum atomic E-state index is 11.7. The van der Waals surface area contributed by atoms with Crippen LogP contribution in [0.1, 0.15) is 64.2 Å². The Bertz CT molecular complexity index is 529. The highest BCUT2D eigenvalue weighted by atomic mass is 16.4. The van der Waals surface area contributed by atoms with Gasteiger partial charge in [-0.25, -0.2) is 0 Å². The van der Waals surface area contributed by atoms with Crippen LogP contribution in [-0.2, 0) is 19.2 Å². The Morgan fingerprint density at radius 3 is 1.29 bits per heavy atom. The van der Waals surface area contributed by atoms with Crippen LogP contribution in [0.3, 0.4) is 0 Å². The smallest absolute Gasteiger partial charge is 0.308 e. The molecule has 0 radical (unpaired) electrons. The number of hydrogen-bond donors (Lipinski definition) is 2. The number of hydrogen-bond acceptors (Lipinski definition) is 4. The first kappa shape index (κ1) is 22.2. The van der Waals surface area contributed by atoms with Crippen LogP contribution in [0.4, 0.5) is 0 Å². The van der Waals surface area contributed by atoms with Gasteiger partial charge in [0.15, 0.2) is 0 Å². The van der Waals surface area contributed by atoms with Crippen molar-refractivity contribution in [2.24, 2.45) is 11.8 Å². The van der Waals surface area contributed by atoms with Gasteiger partial charge in [0.2, 0.25) is 11.8 Å². The normalized spacial score (nSPS) is 22.3. The molecule has 2 amide bonds. The topological polar surface area (TPSA) is 115 Å². The molecule has 2 fully saturated rings. The average molecular weight is 396 g/mol. The minimum atomic E-state index is -0.883. The Labute approximate surface area is 165 Å². The molecular weight excluding hydrogens is 364 g/mol. The molecule has 2 aliphatic heterocycles. The first-order chi connectivity index (χ1) is 13.4. The van der Waals surface area contributed by atoms with Crippen LogP contribution in [0, 0.1) is 11.8 Å². The van der Waals surface area contributed by atoms with Gasteiger partial charge in [0.1, 0.15) is 0 Å². The quantitative estimate of drug-likeness (QED) is 0.460. The minimum Gasteiger partial charge on any atom is -0.481 e. The minimum absolute atomic E-state index is 0.0430. The van der Waals surface area contributed by atoms with Crippen LogP contribution in [0.5, 0.6) is 0 Å². The Morgan fingerprint density at radius 2 is 1.00 bits per heavy atom. The van der Waals surface area contributed by atoms with E-state index in [9.17, 15) is 19.2 Å². The van der Waals surface area contributed by atoms with Crippen molar-refractivity contribution in [3.63, 3.8) is 0 Å². The number of rotatable bonds is 13. The van der Waals surface area contributed by atoms with E-state index in [1.54, 1.807) is 9.80 Å². The van der Waals surface area contributed by atoms with Crippen LogP contribution in [0.15, 0.2) is 0 Å². The highest BCUT2D eigenvalue weighted by Crippen LogP contribution is 2.20. The molecule has 158 valence electrons. The highest BCUT2D eigenvalue weighted by Gasteiger charge is 2.34. The van der Waals surface area contributed by atoms with Crippen molar-refractivity contribution in [1.29, 1.82) is 0 Å². The van der Waals surface area contributed by atoms with Gasteiger partial charge in [0.25, 0.3) is 0 Å². The van der Waals surface area contributed by atoms with E-state index in [0.29, 0.717) is 26.2 Å². The lowest BCUT2D eigenvalue weighted by Crippen LogP contribution is -2.27. The summed E-state index contributed by atoms with van der Waals surface area (Å²) in [5.41, 5.74) is 0. The van der Waals surface area contributed by atoms with Gasteiger partial charge >= 0.3 is 11.9 Å². The lowest BCUT2D eigenvalue weighted by atomic mass is 10.1. The Kier molecular flexibility index (Phi) is 8.73. The number of amides is 2. The number of carboxylic acids is 2. The third kappa shape index (κ3) is 6.80. The van der Waals surface area contributed by atoms with Gasteiger partial charge in [-0.05, 0) is 12.8 Å². The van der Waals surface area contributed by atoms with Crippen molar-refractivity contribution >= 4 is 23.8 Å². The van der Waals surface area contributed by atoms with Gasteiger partial charge in [-0.3, -0.25) is 19.2 Å². The van der Waals surface area contributed by atoms with Gasteiger partial charge in [0, 0.05) is 39.0 Å². The van der Waals surface area contributed by atoms with Crippen LogP contribution in [0.2, 0.25) is 0 Å². The molecule has 28 heavy (non-hydrogen) atoms. The van der Waals surface area contributed by atoms with E-state index in [1.165, 1.54) is 0 Å². The van der Waals surface area contributed by atoms with E-state index >= 15 is 0 Å². The molecule has 2 unspecified atom stereocenters. The van der Waals surface area contributed by atoms with Crippen molar-refractivity contribution in [2.75, 3.05) is 26.2 Å². The molecule has 2 aliphatic rings. The fourth-order valence-corrected chi connectivity index (χ4v) is 3.97. The maximum Gasteiger partial charge on any atom is 0.308 e. The number of carboxylic acid groups (broad SMARTS) is 2. The molecule has 2 saturated heterocycles.